The molecule has 0 fully saturated rings. The number of phenols is 2. The van der Waals surface area contributed by atoms with Gasteiger partial charge in [0.05, 0.1) is 0 Å². The summed E-state index contributed by atoms with van der Waals surface area (Å²) >= 11 is 0. The lowest BCUT2D eigenvalue weighted by molar-refractivity contribution is 0.462. The lowest BCUT2D eigenvalue weighted by atomic mass is 9.90. The summed E-state index contributed by atoms with van der Waals surface area (Å²) in [4.78, 5) is 0. The average molecular weight is 264 g/mol. The van der Waals surface area contributed by atoms with Crippen LogP contribution in [0, 0.1) is 13.8 Å². The molecule has 2 N–H and O–H groups in total. The Morgan fingerprint density at radius 2 is 1.60 bits per heavy atom. The zero-order chi connectivity index (χ0) is 14.3. The fraction of sp³-hybridized carbons (Fsp3) is 0.111. The van der Waals surface area contributed by atoms with Crippen molar-refractivity contribution in [3.8, 4) is 22.6 Å². The van der Waals surface area contributed by atoms with Crippen molar-refractivity contribution < 1.29 is 10.2 Å². The number of hydrogen-bond acceptors (Lipinski definition) is 2. The molecule has 3 rings (SSSR count). The first-order valence-electron chi connectivity index (χ1n) is 6.59. The van der Waals surface area contributed by atoms with Gasteiger partial charge in [-0.1, -0.05) is 30.3 Å². The van der Waals surface area contributed by atoms with E-state index in [2.05, 4.69) is 19.1 Å². The van der Waals surface area contributed by atoms with E-state index in [0.717, 1.165) is 21.9 Å². The van der Waals surface area contributed by atoms with E-state index in [1.165, 1.54) is 17.7 Å². The highest BCUT2D eigenvalue weighted by atomic mass is 16.3. The van der Waals surface area contributed by atoms with E-state index in [1.54, 1.807) is 6.07 Å². The number of hydrogen-bond donors (Lipinski definition) is 2. The maximum Gasteiger partial charge on any atom is 0.123 e. The Hall–Kier alpha value is -2.48. The molecule has 0 aromatic heterocycles. The number of aryl methyl sites for hydroxylation is 1. The fourth-order valence-corrected chi connectivity index (χ4v) is 2.66. The molecule has 3 aromatic rings. The summed E-state index contributed by atoms with van der Waals surface area (Å²) in [5.74, 6) is 0.337. The second kappa shape index (κ2) is 4.57. The van der Waals surface area contributed by atoms with Gasteiger partial charge in [-0.25, -0.2) is 0 Å². The molecule has 0 saturated carbocycles. The van der Waals surface area contributed by atoms with Gasteiger partial charge in [0.1, 0.15) is 11.5 Å². The number of aromatic hydroxyl groups is 2. The summed E-state index contributed by atoms with van der Waals surface area (Å²) in [6, 6.07) is 14.9. The van der Waals surface area contributed by atoms with Gasteiger partial charge in [-0.05, 0) is 59.5 Å². The van der Waals surface area contributed by atoms with Gasteiger partial charge in [0.15, 0.2) is 0 Å². The average Bonchev–Trinajstić information content (AvgIpc) is 2.43. The second-order valence-corrected chi connectivity index (χ2v) is 5.12. The summed E-state index contributed by atoms with van der Waals surface area (Å²) in [5.41, 5.74) is 3.93. The van der Waals surface area contributed by atoms with Gasteiger partial charge in [0.2, 0.25) is 0 Å². The first-order chi connectivity index (χ1) is 9.58. The van der Waals surface area contributed by atoms with Gasteiger partial charge in [0.25, 0.3) is 0 Å². The van der Waals surface area contributed by atoms with Crippen molar-refractivity contribution in [3.05, 3.63) is 59.7 Å². The first kappa shape index (κ1) is 12.5. The van der Waals surface area contributed by atoms with Crippen LogP contribution in [0.3, 0.4) is 0 Å². The standard InChI is InChI=1S/C18H16O2/c1-11-9-13-5-3-4-6-15(13)18(12(11)2)16-10-14(19)7-8-17(16)20/h3-10,19-20H,1-2H3. The first-order valence-corrected chi connectivity index (χ1v) is 6.59. The van der Waals surface area contributed by atoms with Crippen molar-refractivity contribution in [1.29, 1.82) is 0 Å². The summed E-state index contributed by atoms with van der Waals surface area (Å²) in [6.07, 6.45) is 0. The van der Waals surface area contributed by atoms with Crippen molar-refractivity contribution in [3.63, 3.8) is 0 Å². The predicted octanol–water partition coefficient (Wildman–Crippen LogP) is 4.53. The summed E-state index contributed by atoms with van der Waals surface area (Å²) in [5, 5.41) is 22.1. The molecule has 2 nitrogen and oxygen atoms in total. The monoisotopic (exact) mass is 264 g/mol. The highest BCUT2D eigenvalue weighted by molar-refractivity contribution is 6.00. The van der Waals surface area contributed by atoms with Gasteiger partial charge in [-0.3, -0.25) is 0 Å². The van der Waals surface area contributed by atoms with Crippen LogP contribution in [0.5, 0.6) is 11.5 Å². The quantitative estimate of drug-likeness (QED) is 0.634. The van der Waals surface area contributed by atoms with Crippen LogP contribution in [-0.2, 0) is 0 Å². The van der Waals surface area contributed by atoms with E-state index in [4.69, 9.17) is 0 Å². The maximum absolute atomic E-state index is 10.2. The molecular weight excluding hydrogens is 248 g/mol. The third kappa shape index (κ3) is 1.90. The molecule has 2 heteroatoms. The SMILES string of the molecule is Cc1cc2ccccc2c(-c2cc(O)ccc2O)c1C. The lowest BCUT2D eigenvalue weighted by Gasteiger charge is -2.15. The minimum absolute atomic E-state index is 0.155. The normalized spacial score (nSPS) is 10.9. The minimum atomic E-state index is 0.155. The molecule has 0 unspecified atom stereocenters. The molecular formula is C18H16O2. The molecule has 0 saturated heterocycles. The van der Waals surface area contributed by atoms with Crippen LogP contribution in [0.15, 0.2) is 48.5 Å². The second-order valence-electron chi connectivity index (χ2n) is 5.12. The smallest absolute Gasteiger partial charge is 0.123 e. The number of phenolic OH excluding ortho intramolecular Hbond substituents is 2. The Morgan fingerprint density at radius 1 is 0.850 bits per heavy atom. The Balaban J connectivity index is 2.46. The van der Waals surface area contributed by atoms with Crippen molar-refractivity contribution in [2.75, 3.05) is 0 Å². The molecule has 0 aliphatic heterocycles. The molecule has 3 aromatic carbocycles. The van der Waals surface area contributed by atoms with Gasteiger partial charge in [-0.2, -0.15) is 0 Å². The Bertz CT molecular complexity index is 804. The van der Waals surface area contributed by atoms with Crippen molar-refractivity contribution in [1.82, 2.24) is 0 Å². The number of benzene rings is 3. The van der Waals surface area contributed by atoms with Gasteiger partial charge < -0.3 is 10.2 Å². The summed E-state index contributed by atoms with van der Waals surface area (Å²) < 4.78 is 0. The molecule has 0 aliphatic carbocycles. The largest absolute Gasteiger partial charge is 0.508 e. The molecule has 0 heterocycles. The third-order valence-corrected chi connectivity index (χ3v) is 3.82. The highest BCUT2D eigenvalue weighted by Gasteiger charge is 2.13. The fourth-order valence-electron chi connectivity index (χ4n) is 2.66. The predicted molar refractivity (Wildman–Crippen MR) is 82.2 cm³/mol. The highest BCUT2D eigenvalue weighted by Crippen LogP contribution is 2.39. The van der Waals surface area contributed by atoms with Crippen molar-refractivity contribution in [2.24, 2.45) is 0 Å². The molecule has 20 heavy (non-hydrogen) atoms. The summed E-state index contributed by atoms with van der Waals surface area (Å²) in [7, 11) is 0. The lowest BCUT2D eigenvalue weighted by Crippen LogP contribution is -1.91. The maximum atomic E-state index is 10.2. The van der Waals surface area contributed by atoms with Crippen LogP contribution in [0.4, 0.5) is 0 Å². The Kier molecular flexibility index (Phi) is 2.87. The van der Waals surface area contributed by atoms with Gasteiger partial charge in [0, 0.05) is 5.56 Å². The van der Waals surface area contributed by atoms with Crippen LogP contribution >= 0.6 is 0 Å². The van der Waals surface area contributed by atoms with Gasteiger partial charge in [-0.15, -0.1) is 0 Å². The molecule has 0 atom stereocenters. The number of fused-ring (bicyclic) bond motifs is 1. The van der Waals surface area contributed by atoms with Gasteiger partial charge >= 0.3 is 0 Å². The zero-order valence-electron chi connectivity index (χ0n) is 11.5. The minimum Gasteiger partial charge on any atom is -0.508 e. The van der Waals surface area contributed by atoms with Crippen LogP contribution < -0.4 is 0 Å². The van der Waals surface area contributed by atoms with Crippen molar-refractivity contribution in [2.45, 2.75) is 13.8 Å². The molecule has 0 amide bonds. The topological polar surface area (TPSA) is 40.5 Å². The summed E-state index contributed by atoms with van der Waals surface area (Å²) in [6.45, 7) is 4.10. The van der Waals surface area contributed by atoms with E-state index in [9.17, 15) is 10.2 Å². The van der Waals surface area contributed by atoms with E-state index in [1.807, 2.05) is 25.1 Å². The zero-order valence-corrected chi connectivity index (χ0v) is 11.5. The molecule has 0 aliphatic rings. The Labute approximate surface area is 117 Å². The third-order valence-electron chi connectivity index (χ3n) is 3.82. The van der Waals surface area contributed by atoms with E-state index < -0.39 is 0 Å². The molecule has 0 radical (unpaired) electrons. The van der Waals surface area contributed by atoms with Crippen LogP contribution in [-0.4, -0.2) is 10.2 Å². The van der Waals surface area contributed by atoms with Crippen LogP contribution in [0.2, 0.25) is 0 Å². The van der Waals surface area contributed by atoms with E-state index in [-0.39, 0.29) is 11.5 Å². The number of rotatable bonds is 1. The molecule has 0 bridgehead atoms. The van der Waals surface area contributed by atoms with E-state index in [0.29, 0.717) is 5.56 Å². The molecule has 100 valence electrons. The van der Waals surface area contributed by atoms with E-state index >= 15 is 0 Å². The molecule has 0 spiro atoms. The Morgan fingerprint density at radius 3 is 2.40 bits per heavy atom. The van der Waals surface area contributed by atoms with Crippen LogP contribution in [0.25, 0.3) is 21.9 Å². The van der Waals surface area contributed by atoms with Crippen molar-refractivity contribution >= 4 is 10.8 Å². The van der Waals surface area contributed by atoms with Crippen LogP contribution in [0.1, 0.15) is 11.1 Å².